The number of nitrogens with one attached hydrogen (secondary N) is 1. The van der Waals surface area contributed by atoms with E-state index in [1.54, 1.807) is 0 Å². The van der Waals surface area contributed by atoms with Crippen LogP contribution in [0.25, 0.3) is 11.2 Å². The molecule has 1 aliphatic rings. The molecule has 0 atom stereocenters. The van der Waals surface area contributed by atoms with Crippen LogP contribution in [0.5, 0.6) is 0 Å². The number of carbonyl (C=O) groups is 1. The van der Waals surface area contributed by atoms with Gasteiger partial charge in [-0.1, -0.05) is 55.4 Å². The standard InChI is InChI=1S/C25H30FN5O/c1-17(11-12-20-19(3)10-7-13-25(20,4)5)8-6-9-18(2)14-21(32)30-31-16-29-22-23(26)27-15-28-24(22)31/h6,8-9,11-12,14-16H,7,10,13H2,1-5H3,(H,30,32)/b9-6+,12-11+,17-8+,18-14+. The van der Waals surface area contributed by atoms with E-state index in [0.29, 0.717) is 0 Å². The molecule has 0 unspecified atom stereocenters. The first kappa shape index (κ1) is 23.3. The van der Waals surface area contributed by atoms with E-state index < -0.39 is 5.95 Å². The van der Waals surface area contributed by atoms with Crippen LogP contribution in [0.3, 0.4) is 0 Å². The number of allylic oxidation sites excluding steroid dienone is 9. The molecule has 0 radical (unpaired) electrons. The maximum atomic E-state index is 13.6. The van der Waals surface area contributed by atoms with Crippen LogP contribution >= 0.6 is 0 Å². The number of carbonyl (C=O) groups excluding carboxylic acids is 1. The molecule has 1 N–H and O–H groups in total. The van der Waals surface area contributed by atoms with Crippen molar-refractivity contribution in [2.75, 3.05) is 5.43 Å². The van der Waals surface area contributed by atoms with Gasteiger partial charge in [-0.25, -0.2) is 19.6 Å². The Morgan fingerprint density at radius 1 is 1.19 bits per heavy atom. The minimum Gasteiger partial charge on any atom is -0.268 e. The molecular weight excluding hydrogens is 405 g/mol. The molecule has 2 heterocycles. The zero-order valence-electron chi connectivity index (χ0n) is 19.3. The summed E-state index contributed by atoms with van der Waals surface area (Å²) in [5.74, 6) is -1.10. The van der Waals surface area contributed by atoms with E-state index in [1.807, 2.05) is 25.2 Å². The highest BCUT2D eigenvalue weighted by Gasteiger charge is 2.26. The largest absolute Gasteiger partial charge is 0.268 e. The van der Waals surface area contributed by atoms with Crippen LogP contribution < -0.4 is 5.43 Å². The highest BCUT2D eigenvalue weighted by atomic mass is 19.1. The van der Waals surface area contributed by atoms with Crippen LogP contribution in [0.4, 0.5) is 4.39 Å². The zero-order chi connectivity index (χ0) is 23.3. The molecule has 0 fully saturated rings. The van der Waals surface area contributed by atoms with Gasteiger partial charge in [0.05, 0.1) is 0 Å². The van der Waals surface area contributed by atoms with Gasteiger partial charge in [-0.2, -0.15) is 4.39 Å². The normalized spacial score (nSPS) is 17.7. The van der Waals surface area contributed by atoms with Crippen LogP contribution in [0, 0.1) is 11.4 Å². The Balaban J connectivity index is 1.62. The molecule has 7 heteroatoms. The summed E-state index contributed by atoms with van der Waals surface area (Å²) >= 11 is 0. The van der Waals surface area contributed by atoms with E-state index in [4.69, 9.17) is 0 Å². The molecule has 168 valence electrons. The van der Waals surface area contributed by atoms with Crippen LogP contribution in [0.1, 0.15) is 53.9 Å². The lowest BCUT2D eigenvalue weighted by atomic mass is 9.72. The zero-order valence-corrected chi connectivity index (χ0v) is 19.3. The molecule has 1 aliphatic carbocycles. The van der Waals surface area contributed by atoms with Gasteiger partial charge in [-0.05, 0) is 56.6 Å². The predicted molar refractivity (Wildman–Crippen MR) is 126 cm³/mol. The molecule has 2 aromatic heterocycles. The van der Waals surface area contributed by atoms with Gasteiger partial charge in [0.15, 0.2) is 11.2 Å². The van der Waals surface area contributed by atoms with E-state index in [-0.39, 0.29) is 22.5 Å². The van der Waals surface area contributed by atoms with E-state index in [9.17, 15) is 9.18 Å². The second kappa shape index (κ2) is 9.85. The summed E-state index contributed by atoms with van der Waals surface area (Å²) < 4.78 is 14.9. The maximum Gasteiger partial charge on any atom is 0.263 e. The predicted octanol–water partition coefficient (Wildman–Crippen LogP) is 5.57. The lowest BCUT2D eigenvalue weighted by Gasteiger charge is -2.32. The lowest BCUT2D eigenvalue weighted by molar-refractivity contribution is -0.112. The number of amides is 1. The molecule has 0 saturated carbocycles. The molecule has 3 rings (SSSR count). The Kier molecular flexibility index (Phi) is 7.18. The number of imidazole rings is 1. The molecule has 2 aromatic rings. The summed E-state index contributed by atoms with van der Waals surface area (Å²) in [7, 11) is 0. The highest BCUT2D eigenvalue weighted by molar-refractivity contribution is 5.95. The topological polar surface area (TPSA) is 72.7 Å². The molecule has 1 amide bonds. The minimum absolute atomic E-state index is 0.00429. The van der Waals surface area contributed by atoms with Gasteiger partial charge in [0.25, 0.3) is 5.91 Å². The summed E-state index contributed by atoms with van der Waals surface area (Å²) in [5, 5.41) is 0. The monoisotopic (exact) mass is 435 g/mol. The first-order valence-electron chi connectivity index (χ1n) is 10.7. The van der Waals surface area contributed by atoms with Gasteiger partial charge >= 0.3 is 0 Å². The third-order valence-corrected chi connectivity index (χ3v) is 5.65. The first-order chi connectivity index (χ1) is 15.2. The van der Waals surface area contributed by atoms with Crippen molar-refractivity contribution in [2.45, 2.75) is 53.9 Å². The maximum absolute atomic E-state index is 13.6. The van der Waals surface area contributed by atoms with E-state index >= 15 is 0 Å². The van der Waals surface area contributed by atoms with Crippen molar-refractivity contribution in [3.05, 3.63) is 77.4 Å². The molecule has 0 spiro atoms. The number of aromatic nitrogens is 4. The van der Waals surface area contributed by atoms with Gasteiger partial charge in [0, 0.05) is 6.08 Å². The number of fused-ring (bicyclic) bond motifs is 1. The van der Waals surface area contributed by atoms with Crippen LogP contribution in [-0.4, -0.2) is 25.5 Å². The van der Waals surface area contributed by atoms with Crippen molar-refractivity contribution in [1.82, 2.24) is 19.6 Å². The average molecular weight is 436 g/mol. The van der Waals surface area contributed by atoms with Crippen LogP contribution in [-0.2, 0) is 4.79 Å². The minimum atomic E-state index is -0.729. The quantitative estimate of drug-likeness (QED) is 0.366. The van der Waals surface area contributed by atoms with Crippen LogP contribution in [0.15, 0.2) is 71.4 Å². The van der Waals surface area contributed by atoms with Crippen molar-refractivity contribution in [2.24, 2.45) is 5.41 Å². The molecule has 6 nitrogen and oxygen atoms in total. The third-order valence-electron chi connectivity index (χ3n) is 5.65. The molecule has 32 heavy (non-hydrogen) atoms. The third kappa shape index (κ3) is 5.66. The van der Waals surface area contributed by atoms with Crippen molar-refractivity contribution in [1.29, 1.82) is 0 Å². The summed E-state index contributed by atoms with van der Waals surface area (Å²) in [6.45, 7) is 10.7. The van der Waals surface area contributed by atoms with Crippen LogP contribution in [0.2, 0.25) is 0 Å². The molecule has 0 aliphatic heterocycles. The SMILES string of the molecule is CC1=C(/C=C/C(C)=C/C=C/C(C)=C/C(=O)Nn2cnc3c(F)ncnc32)C(C)(C)CCC1. The van der Waals surface area contributed by atoms with Gasteiger partial charge in [-0.3, -0.25) is 10.2 Å². The Hall–Kier alpha value is -3.35. The molecular formula is C25H30FN5O. The van der Waals surface area contributed by atoms with E-state index in [1.165, 1.54) is 47.5 Å². The first-order valence-corrected chi connectivity index (χ1v) is 10.7. The fraction of sp³-hybridized carbons (Fsp3) is 0.360. The van der Waals surface area contributed by atoms with Gasteiger partial charge < -0.3 is 0 Å². The second-order valence-electron chi connectivity index (χ2n) is 8.85. The van der Waals surface area contributed by atoms with E-state index in [0.717, 1.165) is 17.5 Å². The van der Waals surface area contributed by atoms with Crippen molar-refractivity contribution >= 4 is 17.1 Å². The number of rotatable bonds is 6. The Morgan fingerprint density at radius 2 is 1.97 bits per heavy atom. The average Bonchev–Trinajstić information content (AvgIpc) is 3.11. The lowest BCUT2D eigenvalue weighted by Crippen LogP contribution is -2.20. The van der Waals surface area contributed by atoms with Crippen molar-refractivity contribution < 1.29 is 9.18 Å². The second-order valence-corrected chi connectivity index (χ2v) is 8.85. The molecule has 0 aromatic carbocycles. The summed E-state index contributed by atoms with van der Waals surface area (Å²) in [6, 6.07) is 0. The number of hydrogen-bond donors (Lipinski definition) is 1. The number of hydrogen-bond acceptors (Lipinski definition) is 4. The fourth-order valence-corrected chi connectivity index (χ4v) is 3.93. The smallest absolute Gasteiger partial charge is 0.263 e. The fourth-order valence-electron chi connectivity index (χ4n) is 3.93. The Labute approximate surface area is 188 Å². The molecule has 0 bridgehead atoms. The van der Waals surface area contributed by atoms with Crippen molar-refractivity contribution in [3.63, 3.8) is 0 Å². The van der Waals surface area contributed by atoms with E-state index in [2.05, 4.69) is 60.2 Å². The Morgan fingerprint density at radius 3 is 2.72 bits per heavy atom. The summed E-state index contributed by atoms with van der Waals surface area (Å²) in [4.78, 5) is 23.6. The highest BCUT2D eigenvalue weighted by Crippen LogP contribution is 2.40. The van der Waals surface area contributed by atoms with Gasteiger partial charge in [0.2, 0.25) is 5.95 Å². The Bertz CT molecular complexity index is 1160. The summed E-state index contributed by atoms with van der Waals surface area (Å²) in [5.41, 5.74) is 7.85. The van der Waals surface area contributed by atoms with Gasteiger partial charge in [0.1, 0.15) is 12.7 Å². The summed E-state index contributed by atoms with van der Waals surface area (Å²) in [6.07, 6.45) is 17.7. The number of halogens is 1. The van der Waals surface area contributed by atoms with Crippen molar-refractivity contribution in [3.8, 4) is 0 Å². The molecule has 0 saturated heterocycles. The number of nitrogens with zero attached hydrogens (tertiary/aromatic N) is 4. The van der Waals surface area contributed by atoms with Gasteiger partial charge in [-0.15, -0.1) is 0 Å².